The van der Waals surface area contributed by atoms with E-state index in [1.165, 1.54) is 5.56 Å². The molecule has 2 aromatic carbocycles. The summed E-state index contributed by atoms with van der Waals surface area (Å²) in [5.74, 6) is 0. The number of hydrogen-bond acceptors (Lipinski definition) is 5. The van der Waals surface area contributed by atoms with Crippen LogP contribution in [0.1, 0.15) is 37.3 Å². The van der Waals surface area contributed by atoms with Gasteiger partial charge in [0.2, 0.25) is 0 Å². The number of nitrogens with one attached hydrogen (secondary N) is 1. The summed E-state index contributed by atoms with van der Waals surface area (Å²) in [6, 6.07) is 15.4. The third-order valence-corrected chi connectivity index (χ3v) is 5.72. The van der Waals surface area contributed by atoms with Crippen molar-refractivity contribution in [2.45, 2.75) is 38.2 Å². The van der Waals surface area contributed by atoms with Crippen molar-refractivity contribution in [3.63, 3.8) is 0 Å². The second kappa shape index (κ2) is 8.43. The Morgan fingerprint density at radius 2 is 1.86 bits per heavy atom. The molecular weight excluding hydrogens is 390 g/mol. The van der Waals surface area contributed by atoms with Gasteiger partial charge in [-0.1, -0.05) is 47.9 Å². The summed E-state index contributed by atoms with van der Waals surface area (Å²) in [6.45, 7) is 3.30. The molecule has 2 aliphatic heterocycles. The van der Waals surface area contributed by atoms with Gasteiger partial charge in [-0.3, -0.25) is 5.32 Å². The van der Waals surface area contributed by atoms with Crippen molar-refractivity contribution in [2.24, 2.45) is 5.16 Å². The molecule has 1 spiro atoms. The zero-order valence-electron chi connectivity index (χ0n) is 16.4. The van der Waals surface area contributed by atoms with Gasteiger partial charge < -0.3 is 9.68 Å². The quantitative estimate of drug-likeness (QED) is 0.763. The Morgan fingerprint density at radius 3 is 2.52 bits per heavy atom. The van der Waals surface area contributed by atoms with E-state index in [1.807, 2.05) is 48.5 Å². The van der Waals surface area contributed by atoms with E-state index in [1.54, 1.807) is 5.06 Å². The van der Waals surface area contributed by atoms with Gasteiger partial charge in [-0.05, 0) is 41.8 Å². The molecule has 0 saturated carbocycles. The number of rotatable bonds is 4. The van der Waals surface area contributed by atoms with Crippen molar-refractivity contribution in [3.05, 3.63) is 64.7 Å². The topological polar surface area (TPSA) is 63.2 Å². The number of anilines is 1. The highest BCUT2D eigenvalue weighted by molar-refractivity contribution is 6.30. The number of carbonyl (C=O) groups is 1. The SMILES string of the molecule is CCc1ccc(NC(=O)ON2CCC3(CC2)CC(c2ccc(Cl)cc2)=NO3)cc1. The maximum atomic E-state index is 12.2. The fourth-order valence-corrected chi connectivity index (χ4v) is 3.78. The Bertz CT molecular complexity index is 889. The number of amides is 1. The van der Waals surface area contributed by atoms with Crippen molar-refractivity contribution in [3.8, 4) is 0 Å². The summed E-state index contributed by atoms with van der Waals surface area (Å²) < 4.78 is 0. The molecule has 2 aliphatic rings. The molecule has 0 aliphatic carbocycles. The molecule has 1 amide bonds. The Morgan fingerprint density at radius 1 is 1.17 bits per heavy atom. The first-order valence-electron chi connectivity index (χ1n) is 9.89. The van der Waals surface area contributed by atoms with Crippen LogP contribution in [0, 0.1) is 0 Å². The van der Waals surface area contributed by atoms with Gasteiger partial charge in [0.25, 0.3) is 0 Å². The van der Waals surface area contributed by atoms with E-state index in [4.69, 9.17) is 21.3 Å². The molecule has 29 heavy (non-hydrogen) atoms. The van der Waals surface area contributed by atoms with E-state index in [2.05, 4.69) is 17.4 Å². The van der Waals surface area contributed by atoms with Crippen molar-refractivity contribution in [2.75, 3.05) is 18.4 Å². The van der Waals surface area contributed by atoms with Gasteiger partial charge in [0.15, 0.2) is 0 Å². The summed E-state index contributed by atoms with van der Waals surface area (Å²) in [5, 5.41) is 9.46. The first kappa shape index (κ1) is 19.7. The Hall–Kier alpha value is -2.57. The van der Waals surface area contributed by atoms with Crippen LogP contribution in [0.2, 0.25) is 5.02 Å². The van der Waals surface area contributed by atoms with Gasteiger partial charge >= 0.3 is 6.09 Å². The van der Waals surface area contributed by atoms with Crippen molar-refractivity contribution in [1.82, 2.24) is 5.06 Å². The van der Waals surface area contributed by atoms with Crippen LogP contribution in [0.3, 0.4) is 0 Å². The number of carbonyl (C=O) groups excluding carboxylic acids is 1. The largest absolute Gasteiger partial charge is 0.430 e. The molecular formula is C22H24ClN3O3. The molecule has 0 atom stereocenters. The van der Waals surface area contributed by atoms with Gasteiger partial charge in [0.05, 0.1) is 5.71 Å². The fraction of sp³-hybridized carbons (Fsp3) is 0.364. The number of hydroxylamine groups is 2. The van der Waals surface area contributed by atoms with Crippen LogP contribution in [-0.4, -0.2) is 35.6 Å². The number of piperidine rings is 1. The van der Waals surface area contributed by atoms with Crippen LogP contribution in [-0.2, 0) is 16.1 Å². The third-order valence-electron chi connectivity index (χ3n) is 5.47. The molecule has 1 fully saturated rings. The molecule has 7 heteroatoms. The lowest BCUT2D eigenvalue weighted by Gasteiger charge is -2.35. The van der Waals surface area contributed by atoms with Gasteiger partial charge in [-0.15, -0.1) is 5.06 Å². The minimum absolute atomic E-state index is 0.318. The summed E-state index contributed by atoms with van der Waals surface area (Å²) >= 11 is 5.96. The smallest absolute Gasteiger partial charge is 0.388 e. The molecule has 1 N–H and O–H groups in total. The maximum Gasteiger partial charge on any atom is 0.430 e. The Kier molecular flexibility index (Phi) is 5.74. The monoisotopic (exact) mass is 413 g/mol. The van der Waals surface area contributed by atoms with E-state index in [9.17, 15) is 4.79 Å². The highest BCUT2D eigenvalue weighted by Crippen LogP contribution is 2.36. The predicted octanol–water partition coefficient (Wildman–Crippen LogP) is 5.03. The average molecular weight is 414 g/mol. The summed E-state index contributed by atoms with van der Waals surface area (Å²) in [5.41, 5.74) is 3.59. The van der Waals surface area contributed by atoms with Crippen LogP contribution < -0.4 is 5.32 Å². The van der Waals surface area contributed by atoms with Crippen molar-refractivity contribution in [1.29, 1.82) is 0 Å². The fourth-order valence-electron chi connectivity index (χ4n) is 3.65. The standard InChI is InChI=1S/C22H24ClN3O3/c1-2-16-3-9-19(10-4-16)24-21(27)28-26-13-11-22(12-14-26)15-20(25-29-22)17-5-7-18(23)8-6-17/h3-10H,2,11-15H2,1H3,(H,24,27). The van der Waals surface area contributed by atoms with Crippen LogP contribution in [0.5, 0.6) is 0 Å². The lowest BCUT2D eigenvalue weighted by Crippen LogP contribution is -2.45. The zero-order chi connectivity index (χ0) is 20.3. The maximum absolute atomic E-state index is 12.2. The van der Waals surface area contributed by atoms with Crippen LogP contribution >= 0.6 is 11.6 Å². The zero-order valence-corrected chi connectivity index (χ0v) is 17.1. The van der Waals surface area contributed by atoms with Crippen molar-refractivity contribution >= 4 is 29.1 Å². The first-order chi connectivity index (χ1) is 14.0. The molecule has 0 aromatic heterocycles. The molecule has 152 valence electrons. The normalized spacial score (nSPS) is 18.2. The lowest BCUT2D eigenvalue weighted by molar-refractivity contribution is -0.154. The first-order valence-corrected chi connectivity index (χ1v) is 10.3. The molecule has 0 bridgehead atoms. The van der Waals surface area contributed by atoms with Crippen molar-refractivity contribution < 1.29 is 14.5 Å². The highest BCUT2D eigenvalue weighted by atomic mass is 35.5. The third kappa shape index (κ3) is 4.71. The second-order valence-corrected chi connectivity index (χ2v) is 7.92. The van der Waals surface area contributed by atoms with E-state index < -0.39 is 6.09 Å². The highest BCUT2D eigenvalue weighted by Gasteiger charge is 2.43. The van der Waals surface area contributed by atoms with Gasteiger partial charge in [-0.25, -0.2) is 4.79 Å². The Labute approximate surface area is 175 Å². The van der Waals surface area contributed by atoms with E-state index in [0.29, 0.717) is 18.1 Å². The molecule has 6 nitrogen and oxygen atoms in total. The lowest BCUT2D eigenvalue weighted by atomic mass is 9.86. The number of hydrogen-bond donors (Lipinski definition) is 1. The van der Waals surface area contributed by atoms with Crippen LogP contribution in [0.15, 0.2) is 53.7 Å². The van der Waals surface area contributed by atoms with E-state index in [0.717, 1.165) is 42.6 Å². The number of nitrogens with zero attached hydrogens (tertiary/aromatic N) is 2. The Balaban J connectivity index is 1.26. The van der Waals surface area contributed by atoms with E-state index in [-0.39, 0.29) is 5.60 Å². The predicted molar refractivity (Wildman–Crippen MR) is 113 cm³/mol. The minimum Gasteiger partial charge on any atom is -0.388 e. The number of aryl methyl sites for hydroxylation is 1. The summed E-state index contributed by atoms with van der Waals surface area (Å²) in [4.78, 5) is 23.4. The molecule has 0 unspecified atom stereocenters. The average Bonchev–Trinajstić information content (AvgIpc) is 3.15. The number of benzene rings is 2. The van der Waals surface area contributed by atoms with E-state index >= 15 is 0 Å². The second-order valence-electron chi connectivity index (χ2n) is 7.48. The number of halogens is 1. The van der Waals surface area contributed by atoms with Gasteiger partial charge in [0.1, 0.15) is 5.60 Å². The molecule has 1 saturated heterocycles. The molecule has 4 rings (SSSR count). The molecule has 0 radical (unpaired) electrons. The minimum atomic E-state index is -0.476. The molecule has 2 heterocycles. The van der Waals surface area contributed by atoms with Crippen LogP contribution in [0.4, 0.5) is 10.5 Å². The van der Waals surface area contributed by atoms with Gasteiger partial charge in [-0.2, -0.15) is 0 Å². The molecule has 2 aromatic rings. The summed E-state index contributed by atoms with van der Waals surface area (Å²) in [7, 11) is 0. The number of oxime groups is 1. The summed E-state index contributed by atoms with van der Waals surface area (Å²) in [6.07, 6.45) is 2.72. The van der Waals surface area contributed by atoms with Gasteiger partial charge in [0, 0.05) is 43.1 Å². The van der Waals surface area contributed by atoms with Crippen LogP contribution in [0.25, 0.3) is 0 Å².